The summed E-state index contributed by atoms with van der Waals surface area (Å²) in [5.74, 6) is 0.648. The molecule has 2 aliphatic heterocycles. The lowest BCUT2D eigenvalue weighted by atomic mass is 9.89. The van der Waals surface area contributed by atoms with Crippen LogP contribution in [0.1, 0.15) is 80.7 Å². The molecule has 0 bridgehead atoms. The minimum absolute atomic E-state index is 0.00377. The van der Waals surface area contributed by atoms with E-state index in [0.29, 0.717) is 30.2 Å². The molecule has 0 radical (unpaired) electrons. The van der Waals surface area contributed by atoms with Crippen LogP contribution in [0.15, 0.2) is 41.3 Å². The number of hydrogen-bond donors (Lipinski definition) is 0. The molecule has 1 amide bonds. The Balaban J connectivity index is 1.52. The first kappa shape index (κ1) is 23.0. The summed E-state index contributed by atoms with van der Waals surface area (Å²) >= 11 is 0. The highest BCUT2D eigenvalue weighted by Gasteiger charge is 2.38. The zero-order valence-corrected chi connectivity index (χ0v) is 20.7. The van der Waals surface area contributed by atoms with Crippen LogP contribution < -0.4 is 0 Å². The number of sulfone groups is 1. The van der Waals surface area contributed by atoms with Gasteiger partial charge in [-0.1, -0.05) is 65.0 Å². The Morgan fingerprint density at radius 3 is 2.34 bits per heavy atom. The molecule has 172 valence electrons. The van der Waals surface area contributed by atoms with Gasteiger partial charge in [0, 0.05) is 19.0 Å². The molecule has 2 aromatic carbocycles. The molecular formula is C27H35NO3S. The summed E-state index contributed by atoms with van der Waals surface area (Å²) in [6.45, 7) is 11.6. The average molecular weight is 454 g/mol. The summed E-state index contributed by atoms with van der Waals surface area (Å²) < 4.78 is 26.6. The fourth-order valence-electron chi connectivity index (χ4n) is 5.08. The number of amides is 1. The lowest BCUT2D eigenvalue weighted by Crippen LogP contribution is -2.38. The number of hydrogen-bond acceptors (Lipinski definition) is 3. The lowest BCUT2D eigenvalue weighted by Gasteiger charge is -2.31. The summed E-state index contributed by atoms with van der Waals surface area (Å²) in [5, 5.41) is -0.370. The van der Waals surface area contributed by atoms with Gasteiger partial charge in [-0.15, -0.1) is 0 Å². The smallest absolute Gasteiger partial charge is 0.225 e. The molecule has 0 N–H and O–H groups in total. The van der Waals surface area contributed by atoms with E-state index < -0.39 is 9.84 Å². The van der Waals surface area contributed by atoms with E-state index >= 15 is 0 Å². The second-order valence-corrected chi connectivity index (χ2v) is 12.4. The minimum Gasteiger partial charge on any atom is -0.338 e. The van der Waals surface area contributed by atoms with Gasteiger partial charge in [0.1, 0.15) is 0 Å². The van der Waals surface area contributed by atoms with Crippen molar-refractivity contribution in [3.05, 3.63) is 64.2 Å². The van der Waals surface area contributed by atoms with Crippen molar-refractivity contribution >= 4 is 15.7 Å². The van der Waals surface area contributed by atoms with Crippen molar-refractivity contribution in [3.8, 4) is 0 Å². The Kier molecular flexibility index (Phi) is 6.23. The highest BCUT2D eigenvalue weighted by molar-refractivity contribution is 7.92. The Morgan fingerprint density at radius 1 is 0.969 bits per heavy atom. The normalized spacial score (nSPS) is 20.3. The van der Waals surface area contributed by atoms with Crippen molar-refractivity contribution in [3.63, 3.8) is 0 Å². The van der Waals surface area contributed by atoms with Crippen molar-refractivity contribution in [2.75, 3.05) is 6.54 Å². The van der Waals surface area contributed by atoms with Gasteiger partial charge in [-0.25, -0.2) is 8.42 Å². The first-order chi connectivity index (χ1) is 15.1. The molecule has 4 rings (SSSR count). The lowest BCUT2D eigenvalue weighted by molar-refractivity contribution is -0.135. The Hall–Kier alpha value is -2.14. The summed E-state index contributed by atoms with van der Waals surface area (Å²) in [7, 11) is -3.31. The van der Waals surface area contributed by atoms with Gasteiger partial charge >= 0.3 is 0 Å². The van der Waals surface area contributed by atoms with Crippen LogP contribution >= 0.6 is 0 Å². The SMILES string of the molecule is CC(C)C(=O)N1CCc2ccc([C@H](C)CC3Cc4ccc(C(C)C)cc4S3(=O)=O)cc2C1. The Bertz CT molecular complexity index is 1130. The molecule has 1 unspecified atom stereocenters. The zero-order chi connectivity index (χ0) is 23.2. The Morgan fingerprint density at radius 2 is 1.66 bits per heavy atom. The number of fused-ring (bicyclic) bond motifs is 2. The van der Waals surface area contributed by atoms with Gasteiger partial charge in [0.15, 0.2) is 9.84 Å². The molecule has 0 saturated carbocycles. The summed E-state index contributed by atoms with van der Waals surface area (Å²) in [6.07, 6.45) is 2.09. The van der Waals surface area contributed by atoms with Gasteiger partial charge in [-0.3, -0.25) is 4.79 Å². The number of nitrogens with zero attached hydrogens (tertiary/aromatic N) is 1. The standard InChI is InChI=1S/C27H35NO3S/c1-17(2)21-7-9-23-14-25(32(30,31)26(23)15-21)12-19(5)22-8-6-20-10-11-28(16-24(20)13-22)27(29)18(3)4/h6-9,13,15,17-19,25H,10-12,14,16H2,1-5H3/t19-,25?/m1/s1. The monoisotopic (exact) mass is 453 g/mol. The quantitative estimate of drug-likeness (QED) is 0.622. The number of rotatable bonds is 5. The van der Waals surface area contributed by atoms with E-state index in [-0.39, 0.29) is 23.0 Å². The molecule has 2 heterocycles. The maximum absolute atomic E-state index is 13.3. The average Bonchev–Trinajstić information content (AvgIpc) is 3.01. The van der Waals surface area contributed by atoms with Gasteiger partial charge in [-0.2, -0.15) is 0 Å². The van der Waals surface area contributed by atoms with Crippen molar-refractivity contribution in [2.24, 2.45) is 5.92 Å². The molecule has 5 heteroatoms. The molecule has 0 aromatic heterocycles. The second kappa shape index (κ2) is 8.66. The van der Waals surface area contributed by atoms with E-state index in [1.54, 1.807) is 0 Å². The van der Waals surface area contributed by atoms with E-state index in [0.717, 1.165) is 29.7 Å². The maximum Gasteiger partial charge on any atom is 0.225 e. The van der Waals surface area contributed by atoms with Crippen LogP contribution in [0.4, 0.5) is 0 Å². The van der Waals surface area contributed by atoms with Gasteiger partial charge < -0.3 is 4.90 Å². The fourth-order valence-corrected chi connectivity index (χ4v) is 7.19. The third kappa shape index (κ3) is 4.24. The van der Waals surface area contributed by atoms with Crippen LogP contribution in [-0.2, 0) is 34.0 Å². The minimum atomic E-state index is -3.31. The number of benzene rings is 2. The molecule has 4 nitrogen and oxygen atoms in total. The largest absolute Gasteiger partial charge is 0.338 e. The van der Waals surface area contributed by atoms with Crippen LogP contribution in [0, 0.1) is 5.92 Å². The van der Waals surface area contributed by atoms with E-state index in [2.05, 4.69) is 45.0 Å². The van der Waals surface area contributed by atoms with E-state index in [4.69, 9.17) is 0 Å². The van der Waals surface area contributed by atoms with Crippen LogP contribution in [0.25, 0.3) is 0 Å². The first-order valence-electron chi connectivity index (χ1n) is 11.8. The van der Waals surface area contributed by atoms with E-state index in [1.165, 1.54) is 11.1 Å². The molecule has 2 atom stereocenters. The summed E-state index contributed by atoms with van der Waals surface area (Å²) in [4.78, 5) is 14.9. The molecule has 2 aromatic rings. The molecule has 0 aliphatic carbocycles. The predicted molar refractivity (Wildman–Crippen MR) is 129 cm³/mol. The highest BCUT2D eigenvalue weighted by Crippen LogP contribution is 2.38. The van der Waals surface area contributed by atoms with E-state index in [1.807, 2.05) is 30.9 Å². The van der Waals surface area contributed by atoms with Crippen LogP contribution in [0.5, 0.6) is 0 Å². The van der Waals surface area contributed by atoms with Crippen molar-refractivity contribution in [1.29, 1.82) is 0 Å². The Labute approximate surface area is 192 Å². The maximum atomic E-state index is 13.3. The molecule has 32 heavy (non-hydrogen) atoms. The van der Waals surface area contributed by atoms with Gasteiger partial charge in [0.2, 0.25) is 5.91 Å². The third-order valence-electron chi connectivity index (χ3n) is 7.18. The fraction of sp³-hybridized carbons (Fsp3) is 0.519. The number of carbonyl (C=O) groups excluding carboxylic acids is 1. The first-order valence-corrected chi connectivity index (χ1v) is 13.4. The summed E-state index contributed by atoms with van der Waals surface area (Å²) in [6, 6.07) is 12.5. The zero-order valence-electron chi connectivity index (χ0n) is 19.9. The van der Waals surface area contributed by atoms with Crippen LogP contribution in [-0.4, -0.2) is 31.0 Å². The molecule has 0 saturated heterocycles. The van der Waals surface area contributed by atoms with Crippen molar-refractivity contribution in [1.82, 2.24) is 4.90 Å². The van der Waals surface area contributed by atoms with Crippen molar-refractivity contribution < 1.29 is 13.2 Å². The summed E-state index contributed by atoms with van der Waals surface area (Å²) in [5.41, 5.74) is 5.71. The topological polar surface area (TPSA) is 54.5 Å². The molecule has 2 aliphatic rings. The second-order valence-electron chi connectivity index (χ2n) is 10.2. The third-order valence-corrected chi connectivity index (χ3v) is 9.41. The molecular weight excluding hydrogens is 418 g/mol. The highest BCUT2D eigenvalue weighted by atomic mass is 32.2. The van der Waals surface area contributed by atoms with Crippen LogP contribution in [0.2, 0.25) is 0 Å². The predicted octanol–water partition coefficient (Wildman–Crippen LogP) is 5.24. The molecule has 0 fully saturated rings. The van der Waals surface area contributed by atoms with Gasteiger partial charge in [0.25, 0.3) is 0 Å². The van der Waals surface area contributed by atoms with Gasteiger partial charge in [-0.05, 0) is 65.0 Å². The van der Waals surface area contributed by atoms with E-state index in [9.17, 15) is 13.2 Å². The van der Waals surface area contributed by atoms with Gasteiger partial charge in [0.05, 0.1) is 10.1 Å². The number of carbonyl (C=O) groups is 1. The van der Waals surface area contributed by atoms with Crippen molar-refractivity contribution in [2.45, 2.75) is 82.4 Å². The van der Waals surface area contributed by atoms with Crippen LogP contribution in [0.3, 0.4) is 0 Å². The molecule has 0 spiro atoms.